The molecule has 0 radical (unpaired) electrons. The maximum Gasteiger partial charge on any atom is 0.336 e. The predicted molar refractivity (Wildman–Crippen MR) is 76.1 cm³/mol. The molecule has 0 aliphatic carbocycles. The molecule has 0 saturated carbocycles. The standard InChI is InChI=1S/C15H25NO5/c1-6-19-12(17)11-9(2)16-15(18)7-10(11)13(20-8-15)21-14(3,4)5/h10,13,16,18H,6-8H2,1-5H3/t10-,13-,15+/m1/s1. The van der Waals surface area contributed by atoms with E-state index in [9.17, 15) is 9.90 Å². The van der Waals surface area contributed by atoms with Gasteiger partial charge in [-0.05, 0) is 34.6 Å². The molecular weight excluding hydrogens is 274 g/mol. The van der Waals surface area contributed by atoms with Crippen LogP contribution in [0.25, 0.3) is 0 Å². The molecule has 3 atom stereocenters. The molecule has 2 aliphatic rings. The van der Waals surface area contributed by atoms with Crippen LogP contribution in [0.15, 0.2) is 11.3 Å². The third kappa shape index (κ3) is 3.56. The number of hydrogen-bond acceptors (Lipinski definition) is 6. The third-order valence-electron chi connectivity index (χ3n) is 3.53. The Kier molecular flexibility index (Phi) is 4.33. The van der Waals surface area contributed by atoms with Crippen LogP contribution in [0, 0.1) is 5.92 Å². The summed E-state index contributed by atoms with van der Waals surface area (Å²) >= 11 is 0. The minimum Gasteiger partial charge on any atom is -0.463 e. The number of carbonyl (C=O) groups is 1. The normalized spacial score (nSPS) is 32.7. The van der Waals surface area contributed by atoms with E-state index in [1.807, 2.05) is 20.8 Å². The maximum atomic E-state index is 12.2. The van der Waals surface area contributed by atoms with Gasteiger partial charge in [-0.3, -0.25) is 0 Å². The number of rotatable bonds is 3. The van der Waals surface area contributed by atoms with Gasteiger partial charge < -0.3 is 24.6 Å². The van der Waals surface area contributed by atoms with Crippen LogP contribution in [0.1, 0.15) is 41.0 Å². The first-order valence-corrected chi connectivity index (χ1v) is 7.33. The Labute approximate surface area is 125 Å². The van der Waals surface area contributed by atoms with E-state index < -0.39 is 17.6 Å². The van der Waals surface area contributed by atoms with E-state index in [0.29, 0.717) is 24.3 Å². The summed E-state index contributed by atoms with van der Waals surface area (Å²) in [6.45, 7) is 9.75. The van der Waals surface area contributed by atoms with Crippen molar-refractivity contribution in [3.63, 3.8) is 0 Å². The van der Waals surface area contributed by atoms with Crippen LogP contribution in [0.5, 0.6) is 0 Å². The highest BCUT2D eigenvalue weighted by Gasteiger charge is 2.49. The van der Waals surface area contributed by atoms with E-state index in [1.54, 1.807) is 13.8 Å². The molecule has 2 N–H and O–H groups in total. The number of fused-ring (bicyclic) bond motifs is 2. The van der Waals surface area contributed by atoms with Crippen molar-refractivity contribution in [3.05, 3.63) is 11.3 Å². The average Bonchev–Trinajstić information content (AvgIpc) is 2.31. The molecule has 2 heterocycles. The summed E-state index contributed by atoms with van der Waals surface area (Å²) in [6.07, 6.45) is -0.207. The molecule has 0 unspecified atom stereocenters. The molecule has 1 fully saturated rings. The molecule has 1 saturated heterocycles. The zero-order valence-electron chi connectivity index (χ0n) is 13.4. The van der Waals surface area contributed by atoms with Gasteiger partial charge >= 0.3 is 5.97 Å². The first-order chi connectivity index (χ1) is 9.65. The second-order valence-corrected chi connectivity index (χ2v) is 6.64. The minimum absolute atomic E-state index is 0.123. The van der Waals surface area contributed by atoms with Gasteiger partial charge in [0, 0.05) is 18.0 Å². The molecule has 0 amide bonds. The van der Waals surface area contributed by atoms with E-state index >= 15 is 0 Å². The van der Waals surface area contributed by atoms with Crippen LogP contribution in [-0.4, -0.2) is 41.9 Å². The monoisotopic (exact) mass is 299 g/mol. The second kappa shape index (κ2) is 5.59. The van der Waals surface area contributed by atoms with Gasteiger partial charge in [-0.15, -0.1) is 0 Å². The zero-order valence-corrected chi connectivity index (χ0v) is 13.4. The molecule has 2 rings (SSSR count). The lowest BCUT2D eigenvalue weighted by Gasteiger charge is -2.47. The van der Waals surface area contributed by atoms with Gasteiger partial charge in [-0.2, -0.15) is 0 Å². The summed E-state index contributed by atoms with van der Waals surface area (Å²) in [4.78, 5) is 12.2. The molecular formula is C15H25NO5. The maximum absolute atomic E-state index is 12.2. The molecule has 0 aromatic carbocycles. The van der Waals surface area contributed by atoms with Crippen molar-refractivity contribution in [1.82, 2.24) is 5.32 Å². The number of carbonyl (C=O) groups excluding carboxylic acids is 1. The minimum atomic E-state index is -1.15. The van der Waals surface area contributed by atoms with Crippen LogP contribution >= 0.6 is 0 Å². The first kappa shape index (κ1) is 16.3. The van der Waals surface area contributed by atoms with Crippen LogP contribution in [0.3, 0.4) is 0 Å². The number of nitrogens with one attached hydrogen (secondary N) is 1. The SMILES string of the molecule is CCOC(=O)C1=C(C)N[C@@]2(O)CO[C@H](OC(C)(C)C)[C@@H]1C2. The summed E-state index contributed by atoms with van der Waals surface area (Å²) in [7, 11) is 0. The Morgan fingerprint density at radius 2 is 2.19 bits per heavy atom. The fraction of sp³-hybridized carbons (Fsp3) is 0.800. The second-order valence-electron chi connectivity index (χ2n) is 6.64. The van der Waals surface area contributed by atoms with Crippen molar-refractivity contribution in [3.8, 4) is 0 Å². The number of hydrogen-bond donors (Lipinski definition) is 2. The Morgan fingerprint density at radius 1 is 1.52 bits per heavy atom. The summed E-state index contributed by atoms with van der Waals surface area (Å²) < 4.78 is 16.7. The molecule has 2 aliphatic heterocycles. The van der Waals surface area contributed by atoms with Crippen LogP contribution in [0.2, 0.25) is 0 Å². The highest BCUT2D eigenvalue weighted by Crippen LogP contribution is 2.39. The molecule has 6 heteroatoms. The third-order valence-corrected chi connectivity index (χ3v) is 3.53. The van der Waals surface area contributed by atoms with Crippen molar-refractivity contribution < 1.29 is 24.1 Å². The highest BCUT2D eigenvalue weighted by molar-refractivity contribution is 5.90. The number of esters is 1. The lowest BCUT2D eigenvalue weighted by atomic mass is 9.82. The van der Waals surface area contributed by atoms with Gasteiger partial charge in [0.05, 0.1) is 24.4 Å². The fourth-order valence-corrected chi connectivity index (χ4v) is 2.85. The lowest BCUT2D eigenvalue weighted by Crippen LogP contribution is -2.60. The molecule has 0 spiro atoms. The lowest BCUT2D eigenvalue weighted by molar-refractivity contribution is -0.272. The van der Waals surface area contributed by atoms with E-state index in [2.05, 4.69) is 5.32 Å². The van der Waals surface area contributed by atoms with Crippen LogP contribution in [0.4, 0.5) is 0 Å². The summed E-state index contributed by atoms with van der Waals surface area (Å²) in [5.41, 5.74) is -0.435. The van der Waals surface area contributed by atoms with Gasteiger partial charge in [0.15, 0.2) is 12.0 Å². The molecule has 2 bridgehead atoms. The predicted octanol–water partition coefficient (Wildman–Crippen LogP) is 1.29. The van der Waals surface area contributed by atoms with Crippen LogP contribution < -0.4 is 5.32 Å². The van der Waals surface area contributed by atoms with Crippen molar-refractivity contribution >= 4 is 5.97 Å². The van der Waals surface area contributed by atoms with E-state index in [1.165, 1.54) is 0 Å². The highest BCUT2D eigenvalue weighted by atomic mass is 16.7. The van der Waals surface area contributed by atoms with E-state index in [4.69, 9.17) is 14.2 Å². The van der Waals surface area contributed by atoms with Gasteiger partial charge in [-0.25, -0.2) is 4.79 Å². The molecule has 120 valence electrons. The van der Waals surface area contributed by atoms with Crippen molar-refractivity contribution in [1.29, 1.82) is 0 Å². The Bertz CT molecular complexity index is 453. The van der Waals surface area contributed by atoms with Crippen molar-refractivity contribution in [2.24, 2.45) is 5.92 Å². The van der Waals surface area contributed by atoms with Crippen molar-refractivity contribution in [2.45, 2.75) is 58.7 Å². The number of aliphatic hydroxyl groups is 1. The van der Waals surface area contributed by atoms with Gasteiger partial charge in [0.2, 0.25) is 0 Å². The van der Waals surface area contributed by atoms with Gasteiger partial charge in [0.1, 0.15) is 0 Å². The average molecular weight is 299 g/mol. The quantitative estimate of drug-likeness (QED) is 0.765. The summed E-state index contributed by atoms with van der Waals surface area (Å²) in [6, 6.07) is 0. The number of ether oxygens (including phenoxy) is 3. The number of allylic oxidation sites excluding steroid dienone is 1. The Balaban J connectivity index is 2.31. The van der Waals surface area contributed by atoms with Crippen LogP contribution in [-0.2, 0) is 19.0 Å². The smallest absolute Gasteiger partial charge is 0.336 e. The largest absolute Gasteiger partial charge is 0.463 e. The molecule has 21 heavy (non-hydrogen) atoms. The molecule has 6 nitrogen and oxygen atoms in total. The van der Waals surface area contributed by atoms with Gasteiger partial charge in [0.25, 0.3) is 0 Å². The summed E-state index contributed by atoms with van der Waals surface area (Å²) in [5.74, 6) is -0.731. The summed E-state index contributed by atoms with van der Waals surface area (Å²) in [5, 5.41) is 13.4. The Morgan fingerprint density at radius 3 is 2.76 bits per heavy atom. The fourth-order valence-electron chi connectivity index (χ4n) is 2.85. The van der Waals surface area contributed by atoms with E-state index in [-0.39, 0.29) is 18.5 Å². The molecule has 0 aromatic rings. The van der Waals surface area contributed by atoms with Gasteiger partial charge in [-0.1, -0.05) is 0 Å². The van der Waals surface area contributed by atoms with Crippen molar-refractivity contribution in [2.75, 3.05) is 13.2 Å². The molecule has 0 aromatic heterocycles. The zero-order chi connectivity index (χ0) is 15.8. The first-order valence-electron chi connectivity index (χ1n) is 7.33. The topological polar surface area (TPSA) is 77.0 Å². The van der Waals surface area contributed by atoms with E-state index in [0.717, 1.165) is 0 Å². The Hall–Kier alpha value is -1.11.